The molecule has 0 aromatic heterocycles. The fourth-order valence-corrected chi connectivity index (χ4v) is 6.19. The van der Waals surface area contributed by atoms with Gasteiger partial charge in [-0.2, -0.15) is 4.79 Å². The van der Waals surface area contributed by atoms with E-state index >= 15 is 0 Å². The summed E-state index contributed by atoms with van der Waals surface area (Å²) in [6, 6.07) is 30.0. The molecule has 9 nitrogen and oxygen atoms in total. The van der Waals surface area contributed by atoms with Crippen molar-refractivity contribution in [1.29, 1.82) is 0 Å². The van der Waals surface area contributed by atoms with E-state index < -0.39 is 34.1 Å². The van der Waals surface area contributed by atoms with E-state index in [-0.39, 0.29) is 25.7 Å². The summed E-state index contributed by atoms with van der Waals surface area (Å²) < 4.78 is 17.0. The minimum Gasteiger partial charge on any atom is -0.496 e. The molecule has 0 saturated heterocycles. The van der Waals surface area contributed by atoms with Gasteiger partial charge in [0.2, 0.25) is 0 Å². The number of ether oxygens (including phenoxy) is 3. The Kier molecular flexibility index (Phi) is 10.7. The molecule has 4 aromatic carbocycles. The van der Waals surface area contributed by atoms with Crippen molar-refractivity contribution < 1.29 is 38.2 Å². The van der Waals surface area contributed by atoms with Gasteiger partial charge in [-0.15, -0.1) is 4.48 Å². The summed E-state index contributed by atoms with van der Waals surface area (Å²) in [4.78, 5) is 40.4. The van der Waals surface area contributed by atoms with E-state index in [4.69, 9.17) is 14.2 Å². The van der Waals surface area contributed by atoms with Gasteiger partial charge in [0, 0.05) is 24.9 Å². The topological polar surface area (TPSA) is 111 Å². The zero-order valence-electron chi connectivity index (χ0n) is 28.8. The summed E-state index contributed by atoms with van der Waals surface area (Å²) in [6.07, 6.45) is 0.204. The van der Waals surface area contributed by atoms with Crippen LogP contribution in [-0.4, -0.2) is 59.6 Å². The SMILES string of the molecule is COc1ccccc1C[C@H](C)Oc1ccc2c(c1)C[N+](C(=O)NCC(C(=O)O)c1ccc(-c3ccccc3)cc1)(C(=O)OC(C)(C)C)CC2. The zero-order valence-corrected chi connectivity index (χ0v) is 28.8. The highest BCUT2D eigenvalue weighted by Gasteiger charge is 2.50. The van der Waals surface area contributed by atoms with Gasteiger partial charge in [-0.1, -0.05) is 78.9 Å². The van der Waals surface area contributed by atoms with Gasteiger partial charge in [-0.25, -0.2) is 4.79 Å². The summed E-state index contributed by atoms with van der Waals surface area (Å²) in [5.41, 5.74) is 4.51. The first-order valence-corrected chi connectivity index (χ1v) is 16.6. The van der Waals surface area contributed by atoms with Crippen LogP contribution in [0.25, 0.3) is 11.1 Å². The predicted molar refractivity (Wildman–Crippen MR) is 188 cm³/mol. The number of hydrogen-bond acceptors (Lipinski definition) is 6. The first-order valence-electron chi connectivity index (χ1n) is 16.6. The van der Waals surface area contributed by atoms with Crippen LogP contribution in [0.2, 0.25) is 0 Å². The van der Waals surface area contributed by atoms with Crippen LogP contribution >= 0.6 is 0 Å². The third kappa shape index (κ3) is 8.48. The van der Waals surface area contributed by atoms with Crippen LogP contribution in [0.1, 0.15) is 55.9 Å². The second kappa shape index (κ2) is 15.0. The molecule has 1 heterocycles. The van der Waals surface area contributed by atoms with E-state index in [1.807, 2.05) is 91.9 Å². The number of carboxylic acids is 1. The molecule has 0 fully saturated rings. The maximum Gasteiger partial charge on any atom is 0.526 e. The molecule has 0 spiro atoms. The average molecular weight is 666 g/mol. The Morgan fingerprint density at radius 1 is 0.878 bits per heavy atom. The van der Waals surface area contributed by atoms with Gasteiger partial charge in [-0.05, 0) is 73.7 Å². The first-order chi connectivity index (χ1) is 23.4. The maximum absolute atomic E-state index is 14.1. The van der Waals surface area contributed by atoms with Gasteiger partial charge >= 0.3 is 18.1 Å². The number of quaternary nitrogens is 1. The van der Waals surface area contributed by atoms with Gasteiger partial charge in [-0.3, -0.25) is 4.79 Å². The number of hydrogen-bond donors (Lipinski definition) is 2. The third-order valence-electron chi connectivity index (χ3n) is 8.73. The van der Waals surface area contributed by atoms with Crippen LogP contribution in [0, 0.1) is 0 Å². The number of para-hydroxylation sites is 1. The Morgan fingerprint density at radius 2 is 1.55 bits per heavy atom. The Morgan fingerprint density at radius 3 is 2.22 bits per heavy atom. The van der Waals surface area contributed by atoms with Crippen molar-refractivity contribution in [1.82, 2.24) is 5.32 Å². The van der Waals surface area contributed by atoms with Crippen molar-refractivity contribution >= 4 is 18.1 Å². The van der Waals surface area contributed by atoms with Crippen molar-refractivity contribution in [2.75, 3.05) is 20.2 Å². The lowest BCUT2D eigenvalue weighted by Gasteiger charge is -2.37. The Labute approximate surface area is 288 Å². The van der Waals surface area contributed by atoms with E-state index in [0.29, 0.717) is 24.2 Å². The van der Waals surface area contributed by atoms with Gasteiger partial charge in [0.1, 0.15) is 36.3 Å². The molecule has 0 bridgehead atoms. The van der Waals surface area contributed by atoms with Crippen LogP contribution in [0.3, 0.4) is 0 Å². The third-order valence-corrected chi connectivity index (χ3v) is 8.73. The molecule has 4 aromatic rings. The van der Waals surface area contributed by atoms with Gasteiger partial charge < -0.3 is 24.6 Å². The van der Waals surface area contributed by atoms with Gasteiger partial charge in [0.15, 0.2) is 0 Å². The molecule has 0 aliphatic carbocycles. The standard InChI is InChI=1S/C40H44N2O7/c1-27(23-32-13-9-10-14-36(32)47-5)48-34-20-19-30-21-22-42(26-33(30)24-34,39(46)49-40(2,3)4)38(45)41-25-35(37(43)44)31-17-15-29(16-18-31)28-11-7-6-8-12-28/h6-20,24,27,35H,21-23,25-26H2,1-5H3,(H-,41,43,44,45)/p+1/t27-,35?,42?/m0/s1. The van der Waals surface area contributed by atoms with Crippen LogP contribution in [0.5, 0.6) is 11.5 Å². The molecule has 0 radical (unpaired) electrons. The molecule has 0 saturated carbocycles. The highest BCUT2D eigenvalue weighted by Crippen LogP contribution is 2.32. The van der Waals surface area contributed by atoms with Crippen molar-refractivity contribution in [3.8, 4) is 22.6 Å². The molecular formula is C40H45N2O7+. The lowest BCUT2D eigenvalue weighted by atomic mass is 9.96. The number of carbonyl (C=O) groups is 3. The number of carbonyl (C=O) groups excluding carboxylic acids is 2. The van der Waals surface area contributed by atoms with Gasteiger partial charge in [0.25, 0.3) is 0 Å². The summed E-state index contributed by atoms with van der Waals surface area (Å²) in [5.74, 6) is -0.683. The minimum absolute atomic E-state index is 0.0394. The first kappa shape index (κ1) is 35.2. The van der Waals surface area contributed by atoms with E-state index in [2.05, 4.69) is 5.32 Å². The predicted octanol–water partition coefficient (Wildman–Crippen LogP) is 7.76. The van der Waals surface area contributed by atoms with Crippen molar-refractivity contribution in [3.63, 3.8) is 0 Å². The molecule has 9 heteroatoms. The Hall–Kier alpha value is -5.15. The molecule has 49 heavy (non-hydrogen) atoms. The molecule has 2 unspecified atom stereocenters. The minimum atomic E-state index is -1.08. The van der Waals surface area contributed by atoms with E-state index in [1.165, 1.54) is 0 Å². The molecule has 1 aliphatic heterocycles. The van der Waals surface area contributed by atoms with Crippen molar-refractivity contribution in [2.24, 2.45) is 0 Å². The Balaban J connectivity index is 1.35. The number of carboxylic acid groups (broad SMARTS) is 1. The number of nitrogens with one attached hydrogen (secondary N) is 1. The number of rotatable bonds is 10. The quantitative estimate of drug-likeness (QED) is 0.167. The van der Waals surface area contributed by atoms with Crippen LogP contribution in [0.15, 0.2) is 97.1 Å². The normalized spacial score (nSPS) is 16.8. The average Bonchev–Trinajstić information content (AvgIpc) is 3.08. The summed E-state index contributed by atoms with van der Waals surface area (Å²) in [6.45, 7) is 7.26. The second-order valence-electron chi connectivity index (χ2n) is 13.5. The number of imide groups is 1. The van der Waals surface area contributed by atoms with Crippen LogP contribution in [-0.2, 0) is 28.9 Å². The van der Waals surface area contributed by atoms with E-state index in [9.17, 15) is 19.5 Å². The lowest BCUT2D eigenvalue weighted by molar-refractivity contribution is -0.795. The lowest BCUT2D eigenvalue weighted by Crippen LogP contribution is -2.63. The molecule has 2 N–H and O–H groups in total. The summed E-state index contributed by atoms with van der Waals surface area (Å²) in [7, 11) is 1.64. The smallest absolute Gasteiger partial charge is 0.496 e. The summed E-state index contributed by atoms with van der Waals surface area (Å²) in [5, 5.41) is 13.0. The van der Waals surface area contributed by atoms with Crippen molar-refractivity contribution in [3.05, 3.63) is 119 Å². The Bertz CT molecular complexity index is 1780. The molecule has 256 valence electrons. The molecule has 5 rings (SSSR count). The molecule has 3 amide bonds. The van der Waals surface area contributed by atoms with E-state index in [0.717, 1.165) is 33.6 Å². The van der Waals surface area contributed by atoms with Crippen LogP contribution in [0.4, 0.5) is 9.59 Å². The monoisotopic (exact) mass is 665 g/mol. The molecular weight excluding hydrogens is 620 g/mol. The summed E-state index contributed by atoms with van der Waals surface area (Å²) >= 11 is 0. The fourth-order valence-electron chi connectivity index (χ4n) is 6.19. The fraction of sp³-hybridized carbons (Fsp3) is 0.325. The molecule has 3 atom stereocenters. The number of nitrogens with zero attached hydrogens (tertiary/aromatic N) is 1. The number of fused-ring (bicyclic) bond motifs is 1. The zero-order chi connectivity index (χ0) is 35.2. The van der Waals surface area contributed by atoms with Crippen molar-refractivity contribution in [2.45, 2.75) is 64.7 Å². The van der Waals surface area contributed by atoms with Crippen LogP contribution < -0.4 is 14.8 Å². The number of methoxy groups -OCH3 is 1. The second-order valence-corrected chi connectivity index (χ2v) is 13.5. The molecule has 1 aliphatic rings. The highest BCUT2D eigenvalue weighted by atomic mass is 16.6. The number of amides is 3. The van der Waals surface area contributed by atoms with Gasteiger partial charge in [0.05, 0.1) is 13.0 Å². The highest BCUT2D eigenvalue weighted by molar-refractivity contribution is 5.82. The number of benzene rings is 4. The largest absolute Gasteiger partial charge is 0.526 e. The number of aliphatic carboxylic acids is 1. The number of urea groups is 1. The van der Waals surface area contributed by atoms with E-state index in [1.54, 1.807) is 40.0 Å². The maximum atomic E-state index is 14.1.